The van der Waals surface area contributed by atoms with Crippen molar-refractivity contribution in [1.82, 2.24) is 15.6 Å². The summed E-state index contributed by atoms with van der Waals surface area (Å²) < 4.78 is 23.5. The number of H-pyrrole nitrogens is 1. The molecule has 31 heavy (non-hydrogen) atoms. The highest BCUT2D eigenvalue weighted by Gasteiger charge is 2.13. The van der Waals surface area contributed by atoms with Gasteiger partial charge in [-0.05, 0) is 47.9 Å². The Morgan fingerprint density at radius 2 is 1.97 bits per heavy atom. The standard InChI is InChI=1S/C22H25FN4O3.HI/c1-24-22(25-9-8-15-13-26-19-6-5-16(23)11-17(15)19)27-12-14-4-7-20(29-2)18(10-14)21(28)30-3;/h4-7,10-11,13,26H,8-9,12H2,1-3H3,(H2,24,25,27);1H. The molecular weight excluding hydrogens is 514 g/mol. The van der Waals surface area contributed by atoms with E-state index in [1.807, 2.05) is 12.3 Å². The second-order valence-electron chi connectivity index (χ2n) is 6.63. The molecule has 0 atom stereocenters. The maximum atomic E-state index is 13.5. The predicted octanol–water partition coefficient (Wildman–Crippen LogP) is 3.63. The van der Waals surface area contributed by atoms with Crippen LogP contribution in [0.2, 0.25) is 0 Å². The number of nitrogens with one attached hydrogen (secondary N) is 3. The zero-order chi connectivity index (χ0) is 21.5. The Kier molecular flexibility index (Phi) is 9.10. The molecular formula is C22H26FIN4O3. The molecule has 3 rings (SSSR count). The van der Waals surface area contributed by atoms with Crippen molar-refractivity contribution in [2.24, 2.45) is 4.99 Å². The summed E-state index contributed by atoms with van der Waals surface area (Å²) in [6.45, 7) is 1.09. The minimum absolute atomic E-state index is 0. The Morgan fingerprint density at radius 3 is 2.68 bits per heavy atom. The summed E-state index contributed by atoms with van der Waals surface area (Å²) in [5.41, 5.74) is 3.19. The van der Waals surface area contributed by atoms with Gasteiger partial charge in [-0.15, -0.1) is 24.0 Å². The van der Waals surface area contributed by atoms with E-state index in [0.717, 1.165) is 22.0 Å². The number of hydrogen-bond donors (Lipinski definition) is 3. The fourth-order valence-corrected chi connectivity index (χ4v) is 3.21. The van der Waals surface area contributed by atoms with Gasteiger partial charge >= 0.3 is 5.97 Å². The fourth-order valence-electron chi connectivity index (χ4n) is 3.21. The summed E-state index contributed by atoms with van der Waals surface area (Å²) in [7, 11) is 4.53. The van der Waals surface area contributed by atoms with Crippen LogP contribution in [-0.4, -0.2) is 44.7 Å². The van der Waals surface area contributed by atoms with Crippen molar-refractivity contribution in [3.05, 3.63) is 65.1 Å². The zero-order valence-electron chi connectivity index (χ0n) is 17.6. The number of rotatable bonds is 7. The number of hydrogen-bond acceptors (Lipinski definition) is 4. The highest BCUT2D eigenvalue weighted by molar-refractivity contribution is 14.0. The highest BCUT2D eigenvalue weighted by atomic mass is 127. The number of aliphatic imine (C=N–C) groups is 1. The molecule has 0 aliphatic heterocycles. The van der Waals surface area contributed by atoms with Crippen LogP contribution in [0.25, 0.3) is 10.9 Å². The van der Waals surface area contributed by atoms with E-state index in [4.69, 9.17) is 9.47 Å². The third kappa shape index (κ3) is 6.09. The Bertz CT molecular complexity index is 1070. The first-order valence-corrected chi connectivity index (χ1v) is 9.51. The van der Waals surface area contributed by atoms with Crippen molar-refractivity contribution in [1.29, 1.82) is 0 Å². The second kappa shape index (κ2) is 11.5. The topological polar surface area (TPSA) is 87.7 Å². The number of esters is 1. The summed E-state index contributed by atoms with van der Waals surface area (Å²) >= 11 is 0. The Hall–Kier alpha value is -2.82. The average molecular weight is 540 g/mol. The van der Waals surface area contributed by atoms with Crippen molar-refractivity contribution in [3.63, 3.8) is 0 Å². The lowest BCUT2D eigenvalue weighted by atomic mass is 10.1. The fraction of sp³-hybridized carbons (Fsp3) is 0.273. The molecule has 0 amide bonds. The summed E-state index contributed by atoms with van der Waals surface area (Å²) in [6, 6.07) is 10.0. The molecule has 2 aromatic carbocycles. The molecule has 7 nitrogen and oxygen atoms in total. The van der Waals surface area contributed by atoms with Gasteiger partial charge in [0.05, 0.1) is 14.2 Å². The molecule has 3 aromatic rings. The first kappa shape index (κ1) is 24.4. The Labute approximate surface area is 197 Å². The van der Waals surface area contributed by atoms with E-state index in [9.17, 15) is 9.18 Å². The van der Waals surface area contributed by atoms with E-state index < -0.39 is 5.97 Å². The Balaban J connectivity index is 0.00000341. The van der Waals surface area contributed by atoms with Crippen molar-refractivity contribution >= 4 is 46.8 Å². The summed E-state index contributed by atoms with van der Waals surface area (Å²) in [6.07, 6.45) is 2.60. The van der Waals surface area contributed by atoms with Crippen LogP contribution in [0.4, 0.5) is 4.39 Å². The zero-order valence-corrected chi connectivity index (χ0v) is 20.0. The number of nitrogens with zero attached hydrogens (tertiary/aromatic N) is 1. The van der Waals surface area contributed by atoms with Gasteiger partial charge in [-0.2, -0.15) is 0 Å². The van der Waals surface area contributed by atoms with E-state index >= 15 is 0 Å². The molecule has 0 spiro atoms. The van der Waals surface area contributed by atoms with E-state index in [1.165, 1.54) is 26.4 Å². The van der Waals surface area contributed by atoms with Gasteiger partial charge in [-0.3, -0.25) is 4.99 Å². The summed E-state index contributed by atoms with van der Waals surface area (Å²) in [5.74, 6) is 0.380. The van der Waals surface area contributed by atoms with Gasteiger partial charge in [0, 0.05) is 37.2 Å². The van der Waals surface area contributed by atoms with E-state index in [2.05, 4.69) is 20.6 Å². The average Bonchev–Trinajstić information content (AvgIpc) is 3.17. The molecule has 0 bridgehead atoms. The van der Waals surface area contributed by atoms with Crippen LogP contribution in [0.15, 0.2) is 47.6 Å². The number of ether oxygens (including phenoxy) is 2. The Morgan fingerprint density at radius 1 is 1.16 bits per heavy atom. The van der Waals surface area contributed by atoms with Crippen LogP contribution in [-0.2, 0) is 17.7 Å². The molecule has 0 unspecified atom stereocenters. The molecule has 9 heteroatoms. The second-order valence-corrected chi connectivity index (χ2v) is 6.63. The van der Waals surface area contributed by atoms with Crippen LogP contribution < -0.4 is 15.4 Å². The number of methoxy groups -OCH3 is 2. The number of fused-ring (bicyclic) bond motifs is 1. The van der Waals surface area contributed by atoms with Gasteiger partial charge in [-0.1, -0.05) is 6.07 Å². The van der Waals surface area contributed by atoms with Crippen LogP contribution >= 0.6 is 24.0 Å². The van der Waals surface area contributed by atoms with E-state index in [1.54, 1.807) is 25.2 Å². The first-order chi connectivity index (χ1) is 14.5. The van der Waals surface area contributed by atoms with Crippen LogP contribution in [0, 0.1) is 5.82 Å². The third-order valence-corrected chi connectivity index (χ3v) is 4.77. The molecule has 0 aliphatic rings. The van der Waals surface area contributed by atoms with Gasteiger partial charge in [-0.25, -0.2) is 9.18 Å². The monoisotopic (exact) mass is 540 g/mol. The molecule has 0 saturated heterocycles. The minimum atomic E-state index is -0.452. The molecule has 0 saturated carbocycles. The molecule has 1 aromatic heterocycles. The molecule has 0 radical (unpaired) electrons. The SMILES string of the molecule is CN=C(NCCc1c[nH]c2ccc(F)cc12)NCc1ccc(OC)c(C(=O)OC)c1.I. The predicted molar refractivity (Wildman–Crippen MR) is 130 cm³/mol. The maximum Gasteiger partial charge on any atom is 0.341 e. The van der Waals surface area contributed by atoms with Crippen LogP contribution in [0.5, 0.6) is 5.75 Å². The van der Waals surface area contributed by atoms with Crippen molar-refractivity contribution in [2.45, 2.75) is 13.0 Å². The van der Waals surface area contributed by atoms with Crippen LogP contribution in [0.3, 0.4) is 0 Å². The lowest BCUT2D eigenvalue weighted by molar-refractivity contribution is 0.0597. The lowest BCUT2D eigenvalue weighted by Gasteiger charge is -2.13. The first-order valence-electron chi connectivity index (χ1n) is 9.51. The van der Waals surface area contributed by atoms with Crippen molar-refractivity contribution in [2.75, 3.05) is 27.8 Å². The summed E-state index contributed by atoms with van der Waals surface area (Å²) in [4.78, 5) is 19.3. The molecule has 0 fully saturated rings. The smallest absolute Gasteiger partial charge is 0.341 e. The largest absolute Gasteiger partial charge is 0.496 e. The number of carbonyl (C=O) groups excluding carboxylic acids is 1. The molecule has 0 aliphatic carbocycles. The normalized spacial score (nSPS) is 11.0. The van der Waals surface area contributed by atoms with Gasteiger partial charge < -0.3 is 25.1 Å². The number of carbonyl (C=O) groups is 1. The minimum Gasteiger partial charge on any atom is -0.496 e. The van der Waals surface area contributed by atoms with Gasteiger partial charge in [0.1, 0.15) is 17.1 Å². The number of guanidine groups is 1. The molecule has 1 heterocycles. The van der Waals surface area contributed by atoms with Crippen molar-refractivity contribution < 1.29 is 18.7 Å². The number of halogens is 2. The summed E-state index contributed by atoms with van der Waals surface area (Å²) in [5, 5.41) is 7.34. The highest BCUT2D eigenvalue weighted by Crippen LogP contribution is 2.21. The number of aromatic amines is 1. The number of aromatic nitrogens is 1. The lowest BCUT2D eigenvalue weighted by Crippen LogP contribution is -2.37. The van der Waals surface area contributed by atoms with E-state index in [0.29, 0.717) is 36.8 Å². The molecule has 166 valence electrons. The van der Waals surface area contributed by atoms with E-state index in [-0.39, 0.29) is 29.8 Å². The third-order valence-electron chi connectivity index (χ3n) is 4.77. The number of benzene rings is 2. The van der Waals surface area contributed by atoms with Crippen LogP contribution in [0.1, 0.15) is 21.5 Å². The molecule has 3 N–H and O–H groups in total. The van der Waals surface area contributed by atoms with Gasteiger partial charge in [0.2, 0.25) is 0 Å². The van der Waals surface area contributed by atoms with Gasteiger partial charge in [0.15, 0.2) is 5.96 Å². The maximum absolute atomic E-state index is 13.5. The van der Waals surface area contributed by atoms with Crippen molar-refractivity contribution in [3.8, 4) is 5.75 Å². The van der Waals surface area contributed by atoms with Gasteiger partial charge in [0.25, 0.3) is 0 Å². The quantitative estimate of drug-likeness (QED) is 0.185.